The summed E-state index contributed by atoms with van der Waals surface area (Å²) in [6, 6.07) is 7.77. The third-order valence-electron chi connectivity index (χ3n) is 3.24. The van der Waals surface area contributed by atoms with Gasteiger partial charge in [0.1, 0.15) is 5.82 Å². The van der Waals surface area contributed by atoms with Gasteiger partial charge in [0.2, 0.25) is 0 Å². The summed E-state index contributed by atoms with van der Waals surface area (Å²) in [5.41, 5.74) is 9.26. The van der Waals surface area contributed by atoms with Crippen molar-refractivity contribution in [2.45, 2.75) is 26.7 Å². The molecule has 0 spiro atoms. The minimum atomic E-state index is 0.649. The van der Waals surface area contributed by atoms with Crippen LogP contribution in [-0.2, 0) is 13.5 Å². The van der Waals surface area contributed by atoms with Crippen molar-refractivity contribution in [3.63, 3.8) is 0 Å². The maximum Gasteiger partial charge on any atom is 0.129 e. The van der Waals surface area contributed by atoms with Crippen molar-refractivity contribution in [3.05, 3.63) is 35.0 Å². The molecule has 0 saturated heterocycles. The Bertz CT molecular complexity index is 573. The number of nitrogens with zero attached hydrogens (tertiary/aromatic N) is 2. The van der Waals surface area contributed by atoms with Gasteiger partial charge in [-0.15, -0.1) is 0 Å². The minimum absolute atomic E-state index is 0.649. The smallest absolute Gasteiger partial charge is 0.129 e. The number of benzene rings is 1. The first kappa shape index (κ1) is 13.9. The Kier molecular flexibility index (Phi) is 4.15. The first-order valence-corrected chi connectivity index (χ1v) is 6.94. The lowest BCUT2D eigenvalue weighted by molar-refractivity contribution is 0.577. The number of nitrogens with two attached hydrogens (primary N) is 1. The SMILES string of the molecule is CC(C)CCc1nn(C)c(N)c1-c1cccc(Cl)c1. The van der Waals surface area contributed by atoms with Gasteiger partial charge in [-0.25, -0.2) is 0 Å². The van der Waals surface area contributed by atoms with E-state index < -0.39 is 0 Å². The Morgan fingerprint density at radius 2 is 2.11 bits per heavy atom. The van der Waals surface area contributed by atoms with E-state index in [2.05, 4.69) is 18.9 Å². The maximum atomic E-state index is 6.15. The lowest BCUT2D eigenvalue weighted by Crippen LogP contribution is -1.98. The van der Waals surface area contributed by atoms with Gasteiger partial charge >= 0.3 is 0 Å². The zero-order valence-electron chi connectivity index (χ0n) is 11.7. The molecule has 0 aliphatic heterocycles. The molecule has 1 heterocycles. The molecule has 102 valence electrons. The molecule has 3 nitrogen and oxygen atoms in total. The van der Waals surface area contributed by atoms with Crippen molar-refractivity contribution in [1.82, 2.24) is 9.78 Å². The van der Waals surface area contributed by atoms with Gasteiger partial charge in [0.05, 0.1) is 5.69 Å². The van der Waals surface area contributed by atoms with Gasteiger partial charge in [-0.3, -0.25) is 4.68 Å². The second kappa shape index (κ2) is 5.66. The number of halogens is 1. The van der Waals surface area contributed by atoms with Gasteiger partial charge in [-0.2, -0.15) is 5.10 Å². The average Bonchev–Trinajstić information content (AvgIpc) is 2.63. The van der Waals surface area contributed by atoms with Gasteiger partial charge in [0.25, 0.3) is 0 Å². The van der Waals surface area contributed by atoms with E-state index in [4.69, 9.17) is 17.3 Å². The third-order valence-corrected chi connectivity index (χ3v) is 3.47. The van der Waals surface area contributed by atoms with E-state index in [1.54, 1.807) is 4.68 Å². The summed E-state index contributed by atoms with van der Waals surface area (Å²) in [5, 5.41) is 5.25. The van der Waals surface area contributed by atoms with E-state index in [1.165, 1.54) is 0 Å². The fraction of sp³-hybridized carbons (Fsp3) is 0.400. The Morgan fingerprint density at radius 3 is 2.74 bits per heavy atom. The number of aryl methyl sites for hydroxylation is 2. The lowest BCUT2D eigenvalue weighted by atomic mass is 10.00. The van der Waals surface area contributed by atoms with Crippen LogP contribution in [0.15, 0.2) is 24.3 Å². The van der Waals surface area contributed by atoms with E-state index in [-0.39, 0.29) is 0 Å². The molecule has 4 heteroatoms. The number of rotatable bonds is 4. The molecule has 2 rings (SSSR count). The Balaban J connectivity index is 2.43. The number of hydrogen-bond donors (Lipinski definition) is 1. The van der Waals surface area contributed by atoms with E-state index in [1.807, 2.05) is 31.3 Å². The molecule has 0 unspecified atom stereocenters. The van der Waals surface area contributed by atoms with Crippen LogP contribution in [-0.4, -0.2) is 9.78 Å². The third kappa shape index (κ3) is 3.10. The van der Waals surface area contributed by atoms with Crippen LogP contribution in [0, 0.1) is 5.92 Å². The molecule has 2 aromatic rings. The highest BCUT2D eigenvalue weighted by molar-refractivity contribution is 6.30. The predicted octanol–water partition coefficient (Wildman–Crippen LogP) is 3.91. The average molecular weight is 278 g/mol. The standard InChI is InChI=1S/C15H20ClN3/c1-10(2)7-8-13-14(15(17)19(3)18-13)11-5-4-6-12(16)9-11/h4-6,9-10H,7-8,17H2,1-3H3. The molecule has 0 aliphatic carbocycles. The van der Waals surface area contributed by atoms with E-state index in [9.17, 15) is 0 Å². The monoisotopic (exact) mass is 277 g/mol. The Labute approximate surface area is 119 Å². The largest absolute Gasteiger partial charge is 0.383 e. The van der Waals surface area contributed by atoms with Gasteiger partial charge in [-0.05, 0) is 36.5 Å². The van der Waals surface area contributed by atoms with Crippen LogP contribution in [0.2, 0.25) is 5.02 Å². The molecule has 0 saturated carbocycles. The van der Waals surface area contributed by atoms with Crippen LogP contribution in [0.25, 0.3) is 11.1 Å². The van der Waals surface area contributed by atoms with Crippen molar-refractivity contribution in [1.29, 1.82) is 0 Å². The van der Waals surface area contributed by atoms with Crippen molar-refractivity contribution in [2.24, 2.45) is 13.0 Å². The summed E-state index contributed by atoms with van der Waals surface area (Å²) in [7, 11) is 1.88. The fourth-order valence-corrected chi connectivity index (χ4v) is 2.34. The Hall–Kier alpha value is -1.48. The first-order valence-electron chi connectivity index (χ1n) is 6.56. The van der Waals surface area contributed by atoms with Crippen LogP contribution in [0.1, 0.15) is 26.0 Å². The topological polar surface area (TPSA) is 43.8 Å². The zero-order valence-corrected chi connectivity index (χ0v) is 12.4. The summed E-state index contributed by atoms with van der Waals surface area (Å²) >= 11 is 6.07. The number of aromatic nitrogens is 2. The summed E-state index contributed by atoms with van der Waals surface area (Å²) < 4.78 is 1.74. The van der Waals surface area contributed by atoms with E-state index >= 15 is 0 Å². The summed E-state index contributed by atoms with van der Waals surface area (Å²) in [4.78, 5) is 0. The summed E-state index contributed by atoms with van der Waals surface area (Å²) in [5.74, 6) is 1.34. The minimum Gasteiger partial charge on any atom is -0.383 e. The first-order chi connectivity index (χ1) is 8.99. The lowest BCUT2D eigenvalue weighted by Gasteiger charge is -2.06. The Morgan fingerprint density at radius 1 is 1.37 bits per heavy atom. The molecule has 1 aromatic heterocycles. The molecule has 19 heavy (non-hydrogen) atoms. The van der Waals surface area contributed by atoms with E-state index in [0.29, 0.717) is 11.7 Å². The molecule has 0 atom stereocenters. The molecule has 0 radical (unpaired) electrons. The van der Waals surface area contributed by atoms with Crippen LogP contribution >= 0.6 is 11.6 Å². The molecule has 1 aromatic carbocycles. The number of nitrogen functional groups attached to an aromatic ring is 1. The maximum absolute atomic E-state index is 6.15. The van der Waals surface area contributed by atoms with Crippen LogP contribution in [0.5, 0.6) is 0 Å². The number of anilines is 1. The summed E-state index contributed by atoms with van der Waals surface area (Å²) in [6.07, 6.45) is 2.04. The molecular formula is C15H20ClN3. The number of hydrogen-bond acceptors (Lipinski definition) is 2. The molecular weight excluding hydrogens is 258 g/mol. The summed E-state index contributed by atoms with van der Waals surface area (Å²) in [6.45, 7) is 4.43. The van der Waals surface area contributed by atoms with E-state index in [0.717, 1.165) is 34.7 Å². The second-order valence-corrected chi connectivity index (χ2v) is 5.71. The van der Waals surface area contributed by atoms with Crippen molar-refractivity contribution >= 4 is 17.4 Å². The highest BCUT2D eigenvalue weighted by Gasteiger charge is 2.16. The van der Waals surface area contributed by atoms with Crippen LogP contribution < -0.4 is 5.73 Å². The van der Waals surface area contributed by atoms with Gasteiger partial charge in [-0.1, -0.05) is 37.6 Å². The molecule has 0 aliphatic rings. The molecule has 2 N–H and O–H groups in total. The molecule has 0 fully saturated rings. The van der Waals surface area contributed by atoms with Crippen LogP contribution in [0.3, 0.4) is 0 Å². The van der Waals surface area contributed by atoms with Crippen molar-refractivity contribution in [3.8, 4) is 11.1 Å². The van der Waals surface area contributed by atoms with Crippen LogP contribution in [0.4, 0.5) is 5.82 Å². The fourth-order valence-electron chi connectivity index (χ4n) is 2.15. The van der Waals surface area contributed by atoms with Gasteiger partial charge in [0.15, 0.2) is 0 Å². The second-order valence-electron chi connectivity index (χ2n) is 5.27. The normalized spacial score (nSPS) is 11.2. The van der Waals surface area contributed by atoms with Gasteiger partial charge in [0, 0.05) is 17.6 Å². The van der Waals surface area contributed by atoms with Crippen molar-refractivity contribution in [2.75, 3.05) is 5.73 Å². The molecule has 0 bridgehead atoms. The highest BCUT2D eigenvalue weighted by atomic mass is 35.5. The molecule has 0 amide bonds. The predicted molar refractivity (Wildman–Crippen MR) is 81.2 cm³/mol. The van der Waals surface area contributed by atoms with Gasteiger partial charge < -0.3 is 5.73 Å². The van der Waals surface area contributed by atoms with Crippen molar-refractivity contribution < 1.29 is 0 Å². The quantitative estimate of drug-likeness (QED) is 0.921. The zero-order chi connectivity index (χ0) is 14.0. The highest BCUT2D eigenvalue weighted by Crippen LogP contribution is 2.32.